The molecule has 2 aromatic rings. The number of anilines is 2. The lowest BCUT2D eigenvalue weighted by atomic mass is 10.1. The number of nitrogens with one attached hydrogen (secondary N) is 3. The number of carbonyl (C=O) groups excluding carboxylic acids is 1. The Hall–Kier alpha value is -2.83. The average molecular weight is 343 g/mol. The van der Waals surface area contributed by atoms with Gasteiger partial charge in [0.2, 0.25) is 11.9 Å². The third kappa shape index (κ3) is 6.29. The summed E-state index contributed by atoms with van der Waals surface area (Å²) in [6.45, 7) is 5.80. The third-order valence-electron chi connectivity index (χ3n) is 3.47. The number of benzene rings is 1. The van der Waals surface area contributed by atoms with Gasteiger partial charge in [0.1, 0.15) is 11.6 Å². The number of rotatable bonds is 9. The number of carbonyl (C=O) groups is 1. The molecule has 0 saturated carbocycles. The van der Waals surface area contributed by atoms with Crippen LogP contribution in [-0.2, 0) is 11.2 Å². The van der Waals surface area contributed by atoms with Gasteiger partial charge >= 0.3 is 0 Å². The van der Waals surface area contributed by atoms with Crippen molar-refractivity contribution in [2.24, 2.45) is 0 Å². The van der Waals surface area contributed by atoms with Crippen molar-refractivity contribution in [2.75, 3.05) is 37.4 Å². The molecule has 0 aliphatic rings. The Bertz CT molecular complexity index is 688. The summed E-state index contributed by atoms with van der Waals surface area (Å²) in [4.78, 5) is 20.6. The molecule has 7 nitrogen and oxygen atoms in total. The van der Waals surface area contributed by atoms with Crippen LogP contribution in [-0.4, -0.2) is 42.6 Å². The van der Waals surface area contributed by atoms with Gasteiger partial charge in [0.25, 0.3) is 0 Å². The molecule has 3 N–H and O–H groups in total. The van der Waals surface area contributed by atoms with Crippen LogP contribution >= 0.6 is 0 Å². The number of nitrogens with zero attached hydrogens (tertiary/aromatic N) is 2. The van der Waals surface area contributed by atoms with Crippen molar-refractivity contribution < 1.29 is 9.53 Å². The minimum absolute atomic E-state index is 0.0147. The zero-order chi connectivity index (χ0) is 18.1. The van der Waals surface area contributed by atoms with Gasteiger partial charge in [-0.2, -0.15) is 4.98 Å². The second kappa shape index (κ2) is 9.46. The standard InChI is InChI=1S/C18H25N5O2/c1-4-19-18-22-13(2)11-16(23-18)20-9-10-21-17(24)12-14-5-7-15(25-3)8-6-14/h5-8,11H,4,9-10,12H2,1-3H3,(H,21,24)(H2,19,20,22,23). The summed E-state index contributed by atoms with van der Waals surface area (Å²) in [5.74, 6) is 2.12. The Kier molecular flexibility index (Phi) is 7.00. The molecule has 0 radical (unpaired) electrons. The zero-order valence-electron chi connectivity index (χ0n) is 14.9. The molecular weight excluding hydrogens is 318 g/mol. The van der Waals surface area contributed by atoms with Crippen LogP contribution in [0.2, 0.25) is 0 Å². The van der Waals surface area contributed by atoms with E-state index < -0.39 is 0 Å². The molecule has 1 aromatic heterocycles. The number of ether oxygens (including phenoxy) is 1. The van der Waals surface area contributed by atoms with Crippen LogP contribution in [0.15, 0.2) is 30.3 Å². The van der Waals surface area contributed by atoms with E-state index in [-0.39, 0.29) is 5.91 Å². The van der Waals surface area contributed by atoms with Crippen LogP contribution in [0.4, 0.5) is 11.8 Å². The van der Waals surface area contributed by atoms with Gasteiger partial charge in [-0.3, -0.25) is 4.79 Å². The largest absolute Gasteiger partial charge is 0.497 e. The minimum atomic E-state index is -0.0147. The molecule has 0 spiro atoms. The average Bonchev–Trinajstić information content (AvgIpc) is 2.59. The molecule has 0 unspecified atom stereocenters. The van der Waals surface area contributed by atoms with Gasteiger partial charge in [0, 0.05) is 31.4 Å². The van der Waals surface area contributed by atoms with E-state index in [4.69, 9.17) is 4.74 Å². The van der Waals surface area contributed by atoms with Crippen molar-refractivity contribution in [3.63, 3.8) is 0 Å². The molecule has 0 aliphatic carbocycles. The summed E-state index contributed by atoms with van der Waals surface area (Å²) in [5, 5.41) is 9.18. The van der Waals surface area contributed by atoms with Gasteiger partial charge in [0.15, 0.2) is 0 Å². The first-order valence-corrected chi connectivity index (χ1v) is 8.33. The van der Waals surface area contributed by atoms with Crippen LogP contribution in [0.1, 0.15) is 18.2 Å². The summed E-state index contributed by atoms with van der Waals surface area (Å²) in [5.41, 5.74) is 1.84. The molecule has 25 heavy (non-hydrogen) atoms. The molecule has 0 atom stereocenters. The van der Waals surface area contributed by atoms with Gasteiger partial charge in [-0.25, -0.2) is 4.98 Å². The van der Waals surface area contributed by atoms with Crippen LogP contribution in [0.3, 0.4) is 0 Å². The van der Waals surface area contributed by atoms with E-state index in [1.165, 1.54) is 0 Å². The van der Waals surface area contributed by atoms with Gasteiger partial charge in [-0.15, -0.1) is 0 Å². The Morgan fingerprint density at radius 1 is 1.12 bits per heavy atom. The Labute approximate surface area is 148 Å². The molecule has 134 valence electrons. The molecule has 1 amide bonds. The Balaban J connectivity index is 1.74. The van der Waals surface area contributed by atoms with E-state index in [1.54, 1.807) is 7.11 Å². The second-order valence-electron chi connectivity index (χ2n) is 5.55. The van der Waals surface area contributed by atoms with Gasteiger partial charge in [0.05, 0.1) is 13.5 Å². The van der Waals surface area contributed by atoms with Crippen LogP contribution in [0.25, 0.3) is 0 Å². The molecule has 7 heteroatoms. The first-order valence-electron chi connectivity index (χ1n) is 8.33. The van der Waals surface area contributed by atoms with Crippen molar-refractivity contribution in [3.05, 3.63) is 41.6 Å². The number of aromatic nitrogens is 2. The maximum absolute atomic E-state index is 12.0. The lowest BCUT2D eigenvalue weighted by Crippen LogP contribution is -2.30. The number of methoxy groups -OCH3 is 1. The topological polar surface area (TPSA) is 88.2 Å². The maximum Gasteiger partial charge on any atom is 0.224 e. The maximum atomic E-state index is 12.0. The number of hydrogen-bond acceptors (Lipinski definition) is 6. The van der Waals surface area contributed by atoms with E-state index >= 15 is 0 Å². The summed E-state index contributed by atoms with van der Waals surface area (Å²) >= 11 is 0. The highest BCUT2D eigenvalue weighted by atomic mass is 16.5. The minimum Gasteiger partial charge on any atom is -0.497 e. The SMILES string of the molecule is CCNc1nc(C)cc(NCCNC(=O)Cc2ccc(OC)cc2)n1. The lowest BCUT2D eigenvalue weighted by molar-refractivity contribution is -0.120. The van der Waals surface area contributed by atoms with E-state index in [1.807, 2.05) is 44.2 Å². The smallest absolute Gasteiger partial charge is 0.224 e. The van der Waals surface area contributed by atoms with Crippen molar-refractivity contribution in [1.29, 1.82) is 0 Å². The van der Waals surface area contributed by atoms with E-state index in [0.29, 0.717) is 25.5 Å². The molecule has 0 saturated heterocycles. The first-order chi connectivity index (χ1) is 12.1. The third-order valence-corrected chi connectivity index (χ3v) is 3.47. The molecule has 0 fully saturated rings. The monoisotopic (exact) mass is 343 g/mol. The molecular formula is C18H25N5O2. The quantitative estimate of drug-likeness (QED) is 0.604. The molecule has 0 aliphatic heterocycles. The fourth-order valence-corrected chi connectivity index (χ4v) is 2.28. The summed E-state index contributed by atoms with van der Waals surface area (Å²) in [7, 11) is 1.62. The number of amides is 1. The lowest BCUT2D eigenvalue weighted by Gasteiger charge is -2.10. The fourth-order valence-electron chi connectivity index (χ4n) is 2.28. The van der Waals surface area contributed by atoms with Crippen molar-refractivity contribution in [3.8, 4) is 5.75 Å². The predicted octanol–water partition coefficient (Wildman–Crippen LogP) is 2.00. The summed E-state index contributed by atoms with van der Waals surface area (Å²) in [6.07, 6.45) is 0.348. The van der Waals surface area contributed by atoms with Crippen LogP contribution in [0.5, 0.6) is 5.75 Å². The van der Waals surface area contributed by atoms with E-state index in [2.05, 4.69) is 25.9 Å². The van der Waals surface area contributed by atoms with E-state index in [9.17, 15) is 4.79 Å². The van der Waals surface area contributed by atoms with Crippen molar-refractivity contribution >= 4 is 17.7 Å². The van der Waals surface area contributed by atoms with Gasteiger partial charge in [-0.05, 0) is 31.5 Å². The summed E-state index contributed by atoms with van der Waals surface area (Å²) < 4.78 is 5.10. The molecule has 1 heterocycles. The predicted molar refractivity (Wildman–Crippen MR) is 99.1 cm³/mol. The van der Waals surface area contributed by atoms with Crippen molar-refractivity contribution in [1.82, 2.24) is 15.3 Å². The molecule has 1 aromatic carbocycles. The fraction of sp³-hybridized carbons (Fsp3) is 0.389. The highest BCUT2D eigenvalue weighted by Gasteiger charge is 2.04. The number of aryl methyl sites for hydroxylation is 1. The highest BCUT2D eigenvalue weighted by Crippen LogP contribution is 2.11. The van der Waals surface area contributed by atoms with Gasteiger partial charge in [-0.1, -0.05) is 12.1 Å². The van der Waals surface area contributed by atoms with Gasteiger partial charge < -0.3 is 20.7 Å². The zero-order valence-corrected chi connectivity index (χ0v) is 14.9. The molecule has 0 bridgehead atoms. The Morgan fingerprint density at radius 3 is 2.56 bits per heavy atom. The van der Waals surface area contributed by atoms with Crippen LogP contribution < -0.4 is 20.7 Å². The summed E-state index contributed by atoms with van der Waals surface area (Å²) in [6, 6.07) is 9.36. The van der Waals surface area contributed by atoms with Crippen LogP contribution in [0, 0.1) is 6.92 Å². The Morgan fingerprint density at radius 2 is 1.88 bits per heavy atom. The molecule has 2 rings (SSSR count). The normalized spacial score (nSPS) is 10.2. The number of hydrogen-bond donors (Lipinski definition) is 3. The van der Waals surface area contributed by atoms with Crippen molar-refractivity contribution in [2.45, 2.75) is 20.3 Å². The second-order valence-corrected chi connectivity index (χ2v) is 5.55. The highest BCUT2D eigenvalue weighted by molar-refractivity contribution is 5.78. The first kappa shape index (κ1) is 18.5. The van der Waals surface area contributed by atoms with E-state index in [0.717, 1.165) is 29.4 Å².